The van der Waals surface area contributed by atoms with Crippen molar-refractivity contribution in [3.05, 3.63) is 70.8 Å². The van der Waals surface area contributed by atoms with Crippen molar-refractivity contribution in [2.75, 3.05) is 0 Å². The Bertz CT molecular complexity index is 731. The number of carbonyl (C=O) groups is 2. The van der Waals surface area contributed by atoms with E-state index >= 15 is 0 Å². The molecule has 3 rings (SSSR count). The van der Waals surface area contributed by atoms with Gasteiger partial charge in [0.2, 0.25) is 0 Å². The van der Waals surface area contributed by atoms with Crippen LogP contribution in [0.15, 0.2) is 48.5 Å². The Hall–Kier alpha value is -2.66. The number of hydrogen-bond donors (Lipinski definition) is 0. The zero-order valence-electron chi connectivity index (χ0n) is 10.1. The lowest BCUT2D eigenvalue weighted by Crippen LogP contribution is -1.91. The molecule has 0 aromatic heterocycles. The number of ketones is 2. The molecule has 1 aliphatic carbocycles. The number of Topliss-reactive ketones (excluding diaryl/α,β-unsaturated/α-hetero) is 2. The lowest BCUT2D eigenvalue weighted by Gasteiger charge is -1.96. The fraction of sp³-hybridized carbons (Fsp3) is 0.0588. The minimum Gasteiger partial charge on any atom is -0.294 e. The van der Waals surface area contributed by atoms with Crippen LogP contribution in [0.2, 0.25) is 0 Å². The third-order valence-electron chi connectivity index (χ3n) is 3.07. The Morgan fingerprint density at radius 3 is 2.21 bits per heavy atom. The number of hydrogen-bond acceptors (Lipinski definition) is 2. The zero-order chi connectivity index (χ0) is 13.2. The molecule has 1 aliphatic rings. The molecule has 90 valence electrons. The molecule has 19 heavy (non-hydrogen) atoms. The smallest absolute Gasteiger partial charge is 0.171 e. The summed E-state index contributed by atoms with van der Waals surface area (Å²) in [5.74, 6) is 5.84. The largest absolute Gasteiger partial charge is 0.294 e. The fourth-order valence-electron chi connectivity index (χ4n) is 2.10. The number of fused-ring (bicyclic) bond motifs is 1. The van der Waals surface area contributed by atoms with Crippen molar-refractivity contribution in [2.24, 2.45) is 0 Å². The van der Waals surface area contributed by atoms with Crippen molar-refractivity contribution in [2.45, 2.75) is 6.42 Å². The first-order chi connectivity index (χ1) is 9.24. The Balaban J connectivity index is 1.97. The summed E-state index contributed by atoms with van der Waals surface area (Å²) < 4.78 is 0. The third-order valence-corrected chi connectivity index (χ3v) is 3.07. The molecule has 0 N–H and O–H groups in total. The van der Waals surface area contributed by atoms with Gasteiger partial charge in [0.05, 0.1) is 6.42 Å². The lowest BCUT2D eigenvalue weighted by molar-refractivity contribution is 0.0923. The van der Waals surface area contributed by atoms with Gasteiger partial charge >= 0.3 is 0 Å². The second-order valence-corrected chi connectivity index (χ2v) is 4.40. The zero-order valence-corrected chi connectivity index (χ0v) is 10.1. The molecule has 0 amide bonds. The van der Waals surface area contributed by atoms with Crippen molar-refractivity contribution < 1.29 is 9.59 Å². The van der Waals surface area contributed by atoms with E-state index in [1.165, 1.54) is 0 Å². The summed E-state index contributed by atoms with van der Waals surface area (Å²) in [4.78, 5) is 23.1. The van der Waals surface area contributed by atoms with Gasteiger partial charge in [0, 0.05) is 22.3 Å². The first-order valence-electron chi connectivity index (χ1n) is 6.01. The van der Waals surface area contributed by atoms with Crippen LogP contribution in [-0.2, 0) is 0 Å². The molecule has 0 radical (unpaired) electrons. The molecule has 0 aliphatic heterocycles. The molecule has 0 unspecified atom stereocenters. The van der Waals surface area contributed by atoms with Crippen LogP contribution in [0.1, 0.15) is 38.3 Å². The predicted octanol–water partition coefficient (Wildman–Crippen LogP) is 2.86. The summed E-state index contributed by atoms with van der Waals surface area (Å²) in [6, 6.07) is 14.8. The number of benzene rings is 2. The molecule has 2 aromatic carbocycles. The van der Waals surface area contributed by atoms with Crippen LogP contribution < -0.4 is 0 Å². The molecule has 0 saturated carbocycles. The molecule has 0 atom stereocenters. The van der Waals surface area contributed by atoms with Crippen LogP contribution in [0.25, 0.3) is 0 Å². The molecule has 0 bridgehead atoms. The Kier molecular flexibility index (Phi) is 2.74. The quantitative estimate of drug-likeness (QED) is 0.529. The van der Waals surface area contributed by atoms with E-state index in [0.29, 0.717) is 11.1 Å². The first-order valence-corrected chi connectivity index (χ1v) is 6.01. The highest BCUT2D eigenvalue weighted by molar-refractivity contribution is 6.24. The maximum absolute atomic E-state index is 11.6. The summed E-state index contributed by atoms with van der Waals surface area (Å²) in [5, 5.41) is 0. The van der Waals surface area contributed by atoms with Crippen molar-refractivity contribution >= 4 is 11.6 Å². The van der Waals surface area contributed by atoms with Crippen molar-refractivity contribution in [3.63, 3.8) is 0 Å². The number of carbonyl (C=O) groups excluding carboxylic acids is 2. The summed E-state index contributed by atoms with van der Waals surface area (Å²) in [7, 11) is 0. The van der Waals surface area contributed by atoms with Crippen LogP contribution in [-0.4, -0.2) is 11.6 Å². The van der Waals surface area contributed by atoms with E-state index in [-0.39, 0.29) is 18.0 Å². The van der Waals surface area contributed by atoms with Gasteiger partial charge in [-0.25, -0.2) is 0 Å². The topological polar surface area (TPSA) is 34.1 Å². The monoisotopic (exact) mass is 246 g/mol. The second kappa shape index (κ2) is 4.55. The van der Waals surface area contributed by atoms with E-state index in [1.54, 1.807) is 18.2 Å². The maximum atomic E-state index is 11.6. The van der Waals surface area contributed by atoms with Crippen molar-refractivity contribution in [1.82, 2.24) is 0 Å². The average molecular weight is 246 g/mol. The van der Waals surface area contributed by atoms with Gasteiger partial charge in [0.15, 0.2) is 11.6 Å². The molecule has 0 fully saturated rings. The van der Waals surface area contributed by atoms with E-state index < -0.39 is 0 Å². The van der Waals surface area contributed by atoms with Gasteiger partial charge in [-0.2, -0.15) is 0 Å². The van der Waals surface area contributed by atoms with E-state index in [2.05, 4.69) is 11.8 Å². The summed E-state index contributed by atoms with van der Waals surface area (Å²) >= 11 is 0. The SMILES string of the molecule is O=C1CC(=O)c2cc(C#Cc3ccccc3)ccc21. The third kappa shape index (κ3) is 2.19. The van der Waals surface area contributed by atoms with Gasteiger partial charge in [-0.1, -0.05) is 30.0 Å². The highest BCUT2D eigenvalue weighted by Crippen LogP contribution is 2.22. The van der Waals surface area contributed by atoms with E-state index in [4.69, 9.17) is 0 Å². The van der Waals surface area contributed by atoms with Crippen LogP contribution in [0.4, 0.5) is 0 Å². The van der Waals surface area contributed by atoms with Crippen LogP contribution in [0, 0.1) is 11.8 Å². The van der Waals surface area contributed by atoms with Crippen molar-refractivity contribution in [1.29, 1.82) is 0 Å². The minimum atomic E-state index is -0.108. The highest BCUT2D eigenvalue weighted by atomic mass is 16.2. The van der Waals surface area contributed by atoms with Gasteiger partial charge < -0.3 is 0 Å². The first kappa shape index (κ1) is 11.4. The van der Waals surface area contributed by atoms with E-state index in [0.717, 1.165) is 11.1 Å². The molecule has 0 spiro atoms. The standard InChI is InChI=1S/C17H10O2/c18-16-11-17(19)15-10-13(8-9-14(15)16)7-6-12-4-2-1-3-5-12/h1-5,8-10H,11H2. The Labute approximate surface area is 111 Å². The molecule has 2 aromatic rings. The Morgan fingerprint density at radius 1 is 0.737 bits per heavy atom. The minimum absolute atomic E-state index is 0.00903. The number of rotatable bonds is 0. The van der Waals surface area contributed by atoms with Gasteiger partial charge in [0.1, 0.15) is 0 Å². The van der Waals surface area contributed by atoms with Crippen LogP contribution in [0.5, 0.6) is 0 Å². The van der Waals surface area contributed by atoms with E-state index in [1.807, 2.05) is 30.3 Å². The molecule has 0 saturated heterocycles. The van der Waals surface area contributed by atoms with E-state index in [9.17, 15) is 9.59 Å². The second-order valence-electron chi connectivity index (χ2n) is 4.40. The van der Waals surface area contributed by atoms with Crippen LogP contribution in [0.3, 0.4) is 0 Å². The summed E-state index contributed by atoms with van der Waals surface area (Å²) in [5.41, 5.74) is 2.70. The summed E-state index contributed by atoms with van der Waals surface area (Å²) in [6.07, 6.45) is -0.00903. The molecule has 0 heterocycles. The lowest BCUT2D eigenvalue weighted by atomic mass is 10.1. The fourth-order valence-corrected chi connectivity index (χ4v) is 2.10. The normalized spacial score (nSPS) is 12.8. The highest BCUT2D eigenvalue weighted by Gasteiger charge is 2.26. The van der Waals surface area contributed by atoms with Crippen molar-refractivity contribution in [3.8, 4) is 11.8 Å². The van der Waals surface area contributed by atoms with Gasteiger partial charge in [-0.3, -0.25) is 9.59 Å². The predicted molar refractivity (Wildman–Crippen MR) is 72.1 cm³/mol. The van der Waals surface area contributed by atoms with Gasteiger partial charge in [0.25, 0.3) is 0 Å². The van der Waals surface area contributed by atoms with Crippen LogP contribution >= 0.6 is 0 Å². The van der Waals surface area contributed by atoms with Gasteiger partial charge in [-0.15, -0.1) is 0 Å². The summed E-state index contributed by atoms with van der Waals surface area (Å²) in [6.45, 7) is 0. The molecule has 2 heteroatoms. The molecular formula is C17H10O2. The molecule has 2 nitrogen and oxygen atoms in total. The molecular weight excluding hydrogens is 236 g/mol. The average Bonchev–Trinajstić information content (AvgIpc) is 2.73. The van der Waals surface area contributed by atoms with Gasteiger partial charge in [-0.05, 0) is 30.3 Å². The maximum Gasteiger partial charge on any atom is 0.171 e. The Morgan fingerprint density at radius 2 is 1.42 bits per heavy atom.